The maximum absolute atomic E-state index is 2.31. The first-order chi connectivity index (χ1) is 5.81. The maximum atomic E-state index is 2.31. The Labute approximate surface area is 80.8 Å². The Bertz CT molecular complexity index is 35.3. The highest BCUT2D eigenvalue weighted by atomic mass is 14.1. The van der Waals surface area contributed by atoms with Crippen LogP contribution in [0, 0.1) is 5.92 Å². The molecule has 0 amide bonds. The summed E-state index contributed by atoms with van der Waals surface area (Å²) in [7, 11) is 0. The lowest BCUT2D eigenvalue weighted by atomic mass is 9.88. The van der Waals surface area contributed by atoms with E-state index >= 15 is 0 Å². The monoisotopic (exact) mass is 174 g/mol. The molecule has 0 aromatic heterocycles. The van der Waals surface area contributed by atoms with E-state index in [0.29, 0.717) is 0 Å². The zero-order valence-electron chi connectivity index (χ0n) is 10.4. The summed E-state index contributed by atoms with van der Waals surface area (Å²) in [5.41, 5.74) is 0. The largest absolute Gasteiger partial charge is 0.0683 e. The van der Waals surface area contributed by atoms with Gasteiger partial charge in [-0.3, -0.25) is 0 Å². The number of rotatable bonds is 0. The predicted octanol–water partition coefficient (Wildman–Crippen LogP) is 5.28. The highest BCUT2D eigenvalue weighted by Crippen LogP contribution is 2.24. The van der Waals surface area contributed by atoms with Gasteiger partial charge in [0, 0.05) is 0 Å². The molecule has 0 atom stereocenters. The predicted molar refractivity (Wildman–Crippen MR) is 61.7 cm³/mol. The van der Waals surface area contributed by atoms with Crippen LogP contribution in [0.2, 0.25) is 0 Å². The average molecular weight is 174 g/mol. The minimum Gasteiger partial charge on any atom is -0.0683 e. The fourth-order valence-corrected chi connectivity index (χ4v) is 0.612. The van der Waals surface area contributed by atoms with E-state index < -0.39 is 0 Å². The van der Waals surface area contributed by atoms with Crippen molar-refractivity contribution in [1.82, 2.24) is 0 Å². The van der Waals surface area contributed by atoms with Gasteiger partial charge in [0.1, 0.15) is 0 Å². The van der Waals surface area contributed by atoms with Gasteiger partial charge in [0.15, 0.2) is 0 Å². The van der Waals surface area contributed by atoms with Gasteiger partial charge in [-0.05, 0) is 5.92 Å². The molecular weight excluding hydrogens is 144 g/mol. The molecule has 1 saturated carbocycles. The van der Waals surface area contributed by atoms with Gasteiger partial charge in [-0.2, -0.15) is 0 Å². The molecule has 0 aromatic rings. The summed E-state index contributed by atoms with van der Waals surface area (Å²) >= 11 is 0. The number of hydrogen-bond donors (Lipinski definition) is 0. The lowest BCUT2D eigenvalue weighted by molar-refractivity contribution is 0.346. The summed E-state index contributed by atoms with van der Waals surface area (Å²) in [4.78, 5) is 0. The van der Waals surface area contributed by atoms with Crippen LogP contribution in [0.3, 0.4) is 0 Å². The summed E-state index contributed by atoms with van der Waals surface area (Å²) in [6, 6.07) is 0. The first kappa shape index (κ1) is 17.9. The maximum Gasteiger partial charge on any atom is -0.0443 e. The zero-order chi connectivity index (χ0) is 10.4. The van der Waals surface area contributed by atoms with E-state index in [1.807, 2.05) is 27.7 Å². The van der Waals surface area contributed by atoms with Gasteiger partial charge >= 0.3 is 0 Å². The summed E-state index contributed by atoms with van der Waals surface area (Å²) in [5.74, 6) is 1.06. The minimum atomic E-state index is 1.06. The molecule has 78 valence electrons. The third-order valence-electron chi connectivity index (χ3n) is 1.39. The highest BCUT2D eigenvalue weighted by molar-refractivity contribution is 4.62. The summed E-state index contributed by atoms with van der Waals surface area (Å²) in [5, 5.41) is 0. The topological polar surface area (TPSA) is 0 Å². The van der Waals surface area contributed by atoms with Crippen LogP contribution in [0.5, 0.6) is 0 Å². The van der Waals surface area contributed by atoms with Gasteiger partial charge in [0.2, 0.25) is 0 Å². The fraction of sp³-hybridized carbons (Fsp3) is 1.00. The van der Waals surface area contributed by atoms with Crippen LogP contribution in [0.25, 0.3) is 0 Å². The molecule has 0 unspecified atom stereocenters. The molecule has 0 aliphatic heterocycles. The fourth-order valence-electron chi connectivity index (χ4n) is 0.612. The van der Waals surface area contributed by atoms with Crippen LogP contribution in [0.4, 0.5) is 0 Å². The van der Waals surface area contributed by atoms with Crippen molar-refractivity contribution in [2.75, 3.05) is 0 Å². The van der Waals surface area contributed by atoms with Crippen molar-refractivity contribution >= 4 is 0 Å². The van der Waals surface area contributed by atoms with Gasteiger partial charge in [-0.25, -0.2) is 0 Å². The molecule has 1 aliphatic rings. The van der Waals surface area contributed by atoms with E-state index in [1.165, 1.54) is 25.7 Å². The molecule has 0 spiro atoms. The van der Waals surface area contributed by atoms with Crippen molar-refractivity contribution in [3.05, 3.63) is 0 Å². The first-order valence-electron chi connectivity index (χ1n) is 5.81. The van der Waals surface area contributed by atoms with Gasteiger partial charge in [0.25, 0.3) is 0 Å². The second-order valence-corrected chi connectivity index (χ2v) is 2.74. The van der Waals surface area contributed by atoms with Gasteiger partial charge in [0.05, 0.1) is 0 Å². The van der Waals surface area contributed by atoms with E-state index in [9.17, 15) is 0 Å². The summed E-state index contributed by atoms with van der Waals surface area (Å²) in [6.45, 7) is 14.6. The summed E-state index contributed by atoms with van der Waals surface area (Å²) < 4.78 is 0. The SMILES string of the molecule is CC.CC.CC1CCC1.CCC. The molecule has 12 heavy (non-hydrogen) atoms. The summed E-state index contributed by atoms with van der Waals surface area (Å²) in [6.07, 6.45) is 5.71. The van der Waals surface area contributed by atoms with E-state index in [4.69, 9.17) is 0 Å². The molecular formula is C12H30. The van der Waals surface area contributed by atoms with Crippen LogP contribution in [-0.4, -0.2) is 0 Å². The van der Waals surface area contributed by atoms with E-state index in [0.717, 1.165) is 5.92 Å². The van der Waals surface area contributed by atoms with Crippen LogP contribution < -0.4 is 0 Å². The molecule has 0 heteroatoms. The molecule has 0 aromatic carbocycles. The second kappa shape index (κ2) is 22.4. The van der Waals surface area contributed by atoms with Gasteiger partial charge in [-0.15, -0.1) is 0 Å². The van der Waals surface area contributed by atoms with Gasteiger partial charge in [-0.1, -0.05) is 74.1 Å². The van der Waals surface area contributed by atoms with Crippen LogP contribution in [0.1, 0.15) is 74.1 Å². The Hall–Kier alpha value is 0. The van der Waals surface area contributed by atoms with Crippen molar-refractivity contribution in [2.24, 2.45) is 5.92 Å². The van der Waals surface area contributed by atoms with Crippen molar-refractivity contribution in [3.63, 3.8) is 0 Å². The van der Waals surface area contributed by atoms with E-state index in [1.54, 1.807) is 0 Å². The molecule has 0 N–H and O–H groups in total. The Morgan fingerprint density at radius 1 is 0.917 bits per heavy atom. The Morgan fingerprint density at radius 2 is 1.08 bits per heavy atom. The lowest BCUT2D eigenvalue weighted by Crippen LogP contribution is -2.04. The molecule has 0 radical (unpaired) electrons. The van der Waals surface area contributed by atoms with E-state index in [-0.39, 0.29) is 0 Å². The highest BCUT2D eigenvalue weighted by Gasteiger charge is 2.09. The quantitative estimate of drug-likeness (QED) is 0.469. The second-order valence-electron chi connectivity index (χ2n) is 2.74. The zero-order valence-corrected chi connectivity index (χ0v) is 10.4. The Kier molecular flexibility index (Phi) is 33.5. The van der Waals surface area contributed by atoms with Crippen LogP contribution >= 0.6 is 0 Å². The molecule has 1 rings (SSSR count). The van der Waals surface area contributed by atoms with Gasteiger partial charge < -0.3 is 0 Å². The third-order valence-corrected chi connectivity index (χ3v) is 1.39. The van der Waals surface area contributed by atoms with Crippen molar-refractivity contribution < 1.29 is 0 Å². The third kappa shape index (κ3) is 22.5. The smallest absolute Gasteiger partial charge is 0.0443 e. The van der Waals surface area contributed by atoms with Crippen LogP contribution in [-0.2, 0) is 0 Å². The normalized spacial score (nSPS) is 13.2. The molecule has 0 heterocycles. The molecule has 1 fully saturated rings. The Morgan fingerprint density at radius 3 is 1.08 bits per heavy atom. The lowest BCUT2D eigenvalue weighted by Gasteiger charge is -2.18. The first-order valence-corrected chi connectivity index (χ1v) is 5.81. The molecule has 0 nitrogen and oxygen atoms in total. The molecule has 0 saturated heterocycles. The minimum absolute atomic E-state index is 1.06. The molecule has 0 bridgehead atoms. The van der Waals surface area contributed by atoms with Crippen LogP contribution in [0.15, 0.2) is 0 Å². The van der Waals surface area contributed by atoms with Crippen molar-refractivity contribution in [3.8, 4) is 0 Å². The van der Waals surface area contributed by atoms with Crippen molar-refractivity contribution in [2.45, 2.75) is 74.1 Å². The Balaban J connectivity index is -0.000000102. The molecule has 1 aliphatic carbocycles. The van der Waals surface area contributed by atoms with E-state index in [2.05, 4.69) is 20.8 Å². The standard InChI is InChI=1S/C5H10.C3H8.2C2H6/c1-5-3-2-4-5;1-3-2;2*1-2/h5H,2-4H2,1H3;3H2,1-2H3;2*1-2H3. The van der Waals surface area contributed by atoms with Crippen molar-refractivity contribution in [1.29, 1.82) is 0 Å². The number of hydrogen-bond acceptors (Lipinski definition) is 0. The average Bonchev–Trinajstić information content (AvgIpc) is 2.10.